The van der Waals surface area contributed by atoms with Gasteiger partial charge in [0.05, 0.1) is 9.82 Å². The van der Waals surface area contributed by atoms with E-state index >= 15 is 0 Å². The molecule has 0 amide bonds. The number of anilines is 1. The van der Waals surface area contributed by atoms with Crippen molar-refractivity contribution in [2.24, 2.45) is 7.05 Å². The molecule has 0 fully saturated rings. The second-order valence-corrected chi connectivity index (χ2v) is 10.4. The molecule has 0 unspecified atom stereocenters. The predicted octanol–water partition coefficient (Wildman–Crippen LogP) is 4.26. The maximum absolute atomic E-state index is 12.7. The van der Waals surface area contributed by atoms with Gasteiger partial charge < -0.3 is 9.88 Å². The Bertz CT molecular complexity index is 1230. The lowest BCUT2D eigenvalue weighted by atomic mass is 10.1. The van der Waals surface area contributed by atoms with E-state index in [1.54, 1.807) is 62.0 Å². The number of hydrogen-bond acceptors (Lipinski definition) is 6. The van der Waals surface area contributed by atoms with Gasteiger partial charge in [0, 0.05) is 36.1 Å². The molecule has 9 nitrogen and oxygen atoms in total. The van der Waals surface area contributed by atoms with Gasteiger partial charge in [0.25, 0.3) is 5.69 Å². The second kappa shape index (κ2) is 8.89. The van der Waals surface area contributed by atoms with Crippen LogP contribution >= 0.6 is 11.6 Å². The molecule has 170 valence electrons. The first kappa shape index (κ1) is 23.7. The van der Waals surface area contributed by atoms with Crippen LogP contribution in [-0.4, -0.2) is 28.4 Å². The summed E-state index contributed by atoms with van der Waals surface area (Å²) in [6.07, 6.45) is 3.39. The molecular weight excluding hydrogens is 454 g/mol. The molecule has 11 heteroatoms. The Labute approximate surface area is 191 Å². The molecular formula is C21H24ClN5O4S. The molecule has 0 radical (unpaired) electrons. The van der Waals surface area contributed by atoms with Crippen LogP contribution in [-0.2, 0) is 17.1 Å². The first-order valence-corrected chi connectivity index (χ1v) is 11.6. The molecule has 0 saturated carbocycles. The molecule has 32 heavy (non-hydrogen) atoms. The van der Waals surface area contributed by atoms with Gasteiger partial charge in [0.15, 0.2) is 0 Å². The van der Waals surface area contributed by atoms with Crippen LogP contribution < -0.4 is 10.0 Å². The number of nitrogens with one attached hydrogen (secondary N) is 2. The number of benzene rings is 2. The van der Waals surface area contributed by atoms with Crippen molar-refractivity contribution in [3.8, 4) is 0 Å². The summed E-state index contributed by atoms with van der Waals surface area (Å²) in [4.78, 5) is 15.4. The van der Waals surface area contributed by atoms with Crippen LogP contribution in [0.2, 0.25) is 5.02 Å². The molecule has 2 N–H and O–H groups in total. The number of imidazole rings is 1. The lowest BCUT2D eigenvalue weighted by molar-refractivity contribution is -0.384. The quantitative estimate of drug-likeness (QED) is 0.387. The lowest BCUT2D eigenvalue weighted by Crippen LogP contribution is -2.40. The van der Waals surface area contributed by atoms with Crippen molar-refractivity contribution >= 4 is 33.0 Å². The SMILES string of the molecule is Cn1ccnc1[C@@H](Nc1ccc(S(=O)(=O)NC(C)(C)C)cc1[N+](=O)[O-])c1ccc(Cl)cc1. The minimum atomic E-state index is -3.94. The minimum absolute atomic E-state index is 0.160. The van der Waals surface area contributed by atoms with Gasteiger partial charge in [0.1, 0.15) is 17.6 Å². The summed E-state index contributed by atoms with van der Waals surface area (Å²) in [5, 5.41) is 15.5. The average Bonchev–Trinajstić information content (AvgIpc) is 3.10. The van der Waals surface area contributed by atoms with Crippen LogP contribution in [0.25, 0.3) is 0 Å². The Hall–Kier alpha value is -2.95. The van der Waals surface area contributed by atoms with Gasteiger partial charge in [0.2, 0.25) is 10.0 Å². The highest BCUT2D eigenvalue weighted by atomic mass is 35.5. The van der Waals surface area contributed by atoms with Crippen molar-refractivity contribution < 1.29 is 13.3 Å². The standard InChI is InChI=1S/C21H24ClN5O4S/c1-21(2,3)25-32(30,31)16-9-10-17(18(13-16)27(28)29)24-19(20-23-11-12-26(20)4)14-5-7-15(22)8-6-14/h5-13,19,24-25H,1-4H3/t19-/m0/s1. The van der Waals surface area contributed by atoms with E-state index in [1.807, 2.05) is 7.05 Å². The Morgan fingerprint density at radius 2 is 1.81 bits per heavy atom. The summed E-state index contributed by atoms with van der Waals surface area (Å²) >= 11 is 6.01. The molecule has 1 heterocycles. The molecule has 2 aromatic carbocycles. The summed E-state index contributed by atoms with van der Waals surface area (Å²) in [5.74, 6) is 0.618. The van der Waals surface area contributed by atoms with Crippen molar-refractivity contribution in [3.63, 3.8) is 0 Å². The first-order chi connectivity index (χ1) is 14.9. The highest BCUT2D eigenvalue weighted by Crippen LogP contribution is 2.33. The van der Waals surface area contributed by atoms with E-state index in [9.17, 15) is 18.5 Å². The largest absolute Gasteiger partial charge is 0.366 e. The van der Waals surface area contributed by atoms with E-state index in [1.165, 1.54) is 12.1 Å². The number of nitro groups is 1. The van der Waals surface area contributed by atoms with Gasteiger partial charge in [-0.3, -0.25) is 10.1 Å². The Balaban J connectivity index is 2.06. The number of sulfonamides is 1. The van der Waals surface area contributed by atoms with Crippen LogP contribution in [0.4, 0.5) is 11.4 Å². The van der Waals surface area contributed by atoms with E-state index in [4.69, 9.17) is 11.6 Å². The van der Waals surface area contributed by atoms with Crippen molar-refractivity contribution in [3.05, 3.63) is 81.4 Å². The Kier molecular flexibility index (Phi) is 6.59. The Morgan fingerprint density at radius 3 is 2.34 bits per heavy atom. The summed E-state index contributed by atoms with van der Waals surface area (Å²) in [5.41, 5.74) is -0.158. The van der Waals surface area contributed by atoms with Crippen molar-refractivity contribution in [2.75, 3.05) is 5.32 Å². The smallest absolute Gasteiger partial charge is 0.293 e. The molecule has 0 aliphatic carbocycles. The first-order valence-electron chi connectivity index (χ1n) is 9.69. The lowest BCUT2D eigenvalue weighted by Gasteiger charge is -2.22. The zero-order chi connectivity index (χ0) is 23.7. The van der Waals surface area contributed by atoms with Crippen molar-refractivity contribution in [1.82, 2.24) is 14.3 Å². The fourth-order valence-corrected chi connectivity index (χ4v) is 4.74. The Morgan fingerprint density at radius 1 is 1.16 bits per heavy atom. The third kappa shape index (κ3) is 5.45. The van der Waals surface area contributed by atoms with E-state index < -0.39 is 26.5 Å². The fraction of sp³-hybridized carbons (Fsp3) is 0.286. The molecule has 3 aromatic rings. The molecule has 0 saturated heterocycles. The molecule has 1 aromatic heterocycles. The number of halogens is 1. The average molecular weight is 478 g/mol. The highest BCUT2D eigenvalue weighted by Gasteiger charge is 2.27. The van der Waals surface area contributed by atoms with Crippen LogP contribution in [0.5, 0.6) is 0 Å². The van der Waals surface area contributed by atoms with Crippen LogP contribution in [0.15, 0.2) is 59.8 Å². The molecule has 0 spiro atoms. The second-order valence-electron chi connectivity index (χ2n) is 8.32. The number of aromatic nitrogens is 2. The number of hydrogen-bond donors (Lipinski definition) is 2. The molecule has 3 rings (SSSR count). The zero-order valence-electron chi connectivity index (χ0n) is 18.0. The minimum Gasteiger partial charge on any atom is -0.366 e. The number of aryl methyl sites for hydroxylation is 1. The summed E-state index contributed by atoms with van der Waals surface area (Å²) in [6.45, 7) is 5.08. The summed E-state index contributed by atoms with van der Waals surface area (Å²) in [6, 6.07) is 10.3. The van der Waals surface area contributed by atoms with Crippen LogP contribution in [0.3, 0.4) is 0 Å². The number of nitrogens with zero attached hydrogens (tertiary/aromatic N) is 3. The van der Waals surface area contributed by atoms with E-state index in [0.29, 0.717) is 10.8 Å². The maximum Gasteiger partial charge on any atom is 0.293 e. The van der Waals surface area contributed by atoms with Crippen molar-refractivity contribution in [2.45, 2.75) is 37.2 Å². The monoisotopic (exact) mass is 477 g/mol. The summed E-state index contributed by atoms with van der Waals surface area (Å²) < 4.78 is 29.6. The van der Waals surface area contributed by atoms with E-state index in [-0.39, 0.29) is 16.3 Å². The fourth-order valence-electron chi connectivity index (χ4n) is 3.18. The molecule has 0 bridgehead atoms. The molecule has 0 aliphatic heterocycles. The van der Waals surface area contributed by atoms with Gasteiger partial charge in [-0.15, -0.1) is 0 Å². The van der Waals surface area contributed by atoms with Gasteiger partial charge >= 0.3 is 0 Å². The number of nitro benzene ring substituents is 1. The van der Waals surface area contributed by atoms with Gasteiger partial charge in [-0.1, -0.05) is 23.7 Å². The third-order valence-electron chi connectivity index (χ3n) is 4.54. The predicted molar refractivity (Wildman–Crippen MR) is 123 cm³/mol. The molecule has 1 atom stereocenters. The summed E-state index contributed by atoms with van der Waals surface area (Å²) in [7, 11) is -2.12. The number of rotatable bonds is 7. The van der Waals surface area contributed by atoms with Gasteiger partial charge in [-0.25, -0.2) is 18.1 Å². The third-order valence-corrected chi connectivity index (χ3v) is 6.54. The van der Waals surface area contributed by atoms with Gasteiger partial charge in [-0.2, -0.15) is 0 Å². The van der Waals surface area contributed by atoms with Crippen LogP contribution in [0.1, 0.15) is 38.2 Å². The highest BCUT2D eigenvalue weighted by molar-refractivity contribution is 7.89. The van der Waals surface area contributed by atoms with E-state index in [0.717, 1.165) is 11.6 Å². The normalized spacial score (nSPS) is 13.0. The maximum atomic E-state index is 12.7. The van der Waals surface area contributed by atoms with Crippen LogP contribution in [0, 0.1) is 10.1 Å². The van der Waals surface area contributed by atoms with E-state index in [2.05, 4.69) is 15.0 Å². The van der Waals surface area contributed by atoms with Crippen molar-refractivity contribution in [1.29, 1.82) is 0 Å². The van der Waals surface area contributed by atoms with Gasteiger partial charge in [-0.05, 0) is 50.6 Å². The molecule has 0 aliphatic rings. The zero-order valence-corrected chi connectivity index (χ0v) is 19.6. The topological polar surface area (TPSA) is 119 Å².